The second-order valence-electron chi connectivity index (χ2n) is 16.3. The van der Waals surface area contributed by atoms with Gasteiger partial charge >= 0.3 is 11.8 Å². The Morgan fingerprint density at radius 2 is 1.67 bits per heavy atom. The molecule has 2 atom stereocenters. The van der Waals surface area contributed by atoms with E-state index in [-0.39, 0.29) is 56.1 Å². The molecule has 3 amide bonds. The number of hydrogen-bond acceptors (Lipinski definition) is 7. The maximum Gasteiger partial charge on any atom is 0.410 e. The highest BCUT2D eigenvalue weighted by Gasteiger charge is 2.44. The molecule has 3 aliphatic heterocycles. The number of halogens is 1. The Hall–Kier alpha value is -3.87. The Morgan fingerprint density at radius 1 is 0.980 bits per heavy atom. The topological polar surface area (TPSA) is 121 Å². The van der Waals surface area contributed by atoms with Crippen molar-refractivity contribution in [1.29, 1.82) is 0 Å². The molecule has 0 bridgehead atoms. The van der Waals surface area contributed by atoms with Crippen LogP contribution in [-0.2, 0) is 14.3 Å². The second-order valence-corrected chi connectivity index (χ2v) is 17.6. The average Bonchev–Trinajstić information content (AvgIpc) is 3.57. The number of fused-ring (bicyclic) bond motifs is 1. The maximum absolute atomic E-state index is 15.9. The van der Waals surface area contributed by atoms with Gasteiger partial charge in [-0.15, -0.1) is 11.8 Å². The zero-order valence-corrected chi connectivity index (χ0v) is 31.4. The van der Waals surface area contributed by atoms with Crippen molar-refractivity contribution >= 4 is 40.8 Å². The minimum Gasteiger partial charge on any atom is -0.444 e. The lowest BCUT2D eigenvalue weighted by Crippen LogP contribution is -2.42. The summed E-state index contributed by atoms with van der Waals surface area (Å²) in [5.41, 5.74) is 1.85. The zero-order chi connectivity index (χ0) is 36.7. The average molecular weight is 727 g/mol. The third-order valence-electron chi connectivity index (χ3n) is 10.2. The van der Waals surface area contributed by atoms with Gasteiger partial charge in [0.25, 0.3) is 0 Å². The van der Waals surface area contributed by atoms with Crippen molar-refractivity contribution in [2.24, 2.45) is 5.41 Å². The van der Waals surface area contributed by atoms with Gasteiger partial charge in [-0.2, -0.15) is 0 Å². The van der Waals surface area contributed by atoms with Crippen LogP contribution in [-0.4, -0.2) is 90.7 Å². The number of H-pyrrole nitrogens is 1. The molecule has 6 rings (SSSR count). The molecule has 0 spiro atoms. The number of ether oxygens (including phenoxy) is 1. The van der Waals surface area contributed by atoms with Gasteiger partial charge in [-0.25, -0.2) is 19.0 Å². The first-order valence-corrected chi connectivity index (χ1v) is 19.1. The van der Waals surface area contributed by atoms with Crippen molar-refractivity contribution in [3.05, 3.63) is 64.0 Å². The number of pyridine rings is 1. The number of nitrogens with zero attached hydrogens (tertiary/aromatic N) is 5. The number of likely N-dealkylation sites (tertiary alicyclic amines) is 2. The summed E-state index contributed by atoms with van der Waals surface area (Å²) >= 11 is 1.44. The fourth-order valence-electron chi connectivity index (χ4n) is 7.51. The van der Waals surface area contributed by atoms with Crippen molar-refractivity contribution in [2.75, 3.05) is 32.7 Å². The van der Waals surface area contributed by atoms with Crippen LogP contribution in [0.3, 0.4) is 0 Å². The third-order valence-corrected chi connectivity index (χ3v) is 11.6. The van der Waals surface area contributed by atoms with E-state index in [1.54, 1.807) is 32.7 Å². The van der Waals surface area contributed by atoms with Crippen molar-refractivity contribution in [3.8, 4) is 0 Å². The second kappa shape index (κ2) is 14.6. The first-order valence-electron chi connectivity index (χ1n) is 18.1. The fraction of sp³-hybridized carbons (Fsp3) is 0.605. The number of amides is 3. The molecule has 13 heteroatoms. The van der Waals surface area contributed by atoms with E-state index in [9.17, 15) is 19.2 Å². The van der Waals surface area contributed by atoms with E-state index in [4.69, 9.17) is 4.74 Å². The van der Waals surface area contributed by atoms with E-state index >= 15 is 4.39 Å². The molecule has 1 N–H and O–H groups in total. The largest absolute Gasteiger partial charge is 0.444 e. The van der Waals surface area contributed by atoms with E-state index in [0.717, 1.165) is 17.5 Å². The van der Waals surface area contributed by atoms with E-state index in [0.29, 0.717) is 69.6 Å². The summed E-state index contributed by atoms with van der Waals surface area (Å²) in [6.07, 6.45) is 4.52. The van der Waals surface area contributed by atoms with Crippen LogP contribution < -0.4 is 5.69 Å². The van der Waals surface area contributed by atoms with Gasteiger partial charge in [-0.05, 0) is 93.5 Å². The van der Waals surface area contributed by atoms with Gasteiger partial charge in [-0.1, -0.05) is 32.9 Å². The molecule has 3 saturated heterocycles. The lowest BCUT2D eigenvalue weighted by atomic mass is 9.85. The molecule has 1 unspecified atom stereocenters. The zero-order valence-electron chi connectivity index (χ0n) is 30.6. The number of carbonyl (C=O) groups is 3. The number of benzene rings is 1. The predicted octanol–water partition coefficient (Wildman–Crippen LogP) is 7.10. The van der Waals surface area contributed by atoms with Crippen molar-refractivity contribution in [1.82, 2.24) is 29.2 Å². The summed E-state index contributed by atoms with van der Waals surface area (Å²) in [4.78, 5) is 65.8. The Labute approximate surface area is 306 Å². The highest BCUT2D eigenvalue weighted by atomic mass is 32.2. The number of aromatic amines is 1. The van der Waals surface area contributed by atoms with E-state index in [1.165, 1.54) is 17.8 Å². The van der Waals surface area contributed by atoms with Crippen LogP contribution in [0, 0.1) is 11.2 Å². The SMILES string of the molecule is CC(C)(C)CCN1C(=O)[C@H](CC(=O)N2CCC(n3c(=O)[nH]c4ncccc43)CC2)SC1c1cccc(F)c1C1CCN(C(=O)OC(C)(C)C)CC1.[HH].[HH]. The lowest BCUT2D eigenvalue weighted by molar-refractivity contribution is -0.136. The van der Waals surface area contributed by atoms with Crippen molar-refractivity contribution in [2.45, 2.75) is 108 Å². The predicted molar refractivity (Wildman–Crippen MR) is 200 cm³/mol. The van der Waals surface area contributed by atoms with E-state index in [1.807, 2.05) is 37.8 Å². The maximum atomic E-state index is 15.9. The Balaban J connectivity index is 0.00000314. The molecular formula is C38H55FN6O5S. The highest BCUT2D eigenvalue weighted by molar-refractivity contribution is 8.01. The number of imidazole rings is 1. The van der Waals surface area contributed by atoms with Crippen LogP contribution in [0.1, 0.15) is 111 Å². The monoisotopic (exact) mass is 726 g/mol. The van der Waals surface area contributed by atoms with Gasteiger partial charge in [0.05, 0.1) is 10.8 Å². The summed E-state index contributed by atoms with van der Waals surface area (Å²) < 4.78 is 23.2. The van der Waals surface area contributed by atoms with Crippen LogP contribution >= 0.6 is 11.8 Å². The first kappa shape index (κ1) is 36.9. The molecular weight excluding hydrogens is 672 g/mol. The van der Waals surface area contributed by atoms with Gasteiger partial charge in [0.1, 0.15) is 16.8 Å². The normalized spacial score (nSPS) is 21.2. The number of piperidine rings is 2. The van der Waals surface area contributed by atoms with Gasteiger partial charge < -0.3 is 19.4 Å². The number of nitrogens with one attached hydrogen (secondary N) is 1. The third kappa shape index (κ3) is 8.29. The molecule has 5 heterocycles. The van der Waals surface area contributed by atoms with Crippen LogP contribution in [0.5, 0.6) is 0 Å². The summed E-state index contributed by atoms with van der Waals surface area (Å²) in [6.45, 7) is 14.3. The number of aromatic nitrogens is 3. The molecule has 2 aromatic heterocycles. The van der Waals surface area contributed by atoms with Gasteiger partial charge in [0.2, 0.25) is 11.8 Å². The first-order chi connectivity index (χ1) is 24.1. The Bertz CT molecular complexity index is 1830. The minimum absolute atomic E-state index is 0. The summed E-state index contributed by atoms with van der Waals surface area (Å²) in [6, 6.07) is 8.73. The molecule has 0 saturated carbocycles. The van der Waals surface area contributed by atoms with E-state index in [2.05, 4.69) is 30.7 Å². The quantitative estimate of drug-likeness (QED) is 0.276. The van der Waals surface area contributed by atoms with Crippen molar-refractivity contribution in [3.63, 3.8) is 0 Å². The number of rotatable bonds is 7. The number of carbonyl (C=O) groups excluding carboxylic acids is 3. The lowest BCUT2D eigenvalue weighted by Gasteiger charge is -2.35. The standard InChI is InChI=1S/C38H51FN6O5S.2H2/c1-37(2,3)16-22-44-33(47)29(23-30(46)42-20-14-25(15-21-42)45-28-11-8-17-40-32(28)41-35(45)48)51-34(44)26-9-7-10-27(39)31(26)24-12-18-43(19-13-24)36(49)50-38(4,5)6;;/h7-11,17,24-25,29,34H,12-16,18-23H2,1-6H3,(H,40,41,48);2*1H/t29-,34?;;/m0../s1. The molecule has 280 valence electrons. The van der Waals surface area contributed by atoms with Crippen LogP contribution in [0.4, 0.5) is 9.18 Å². The Kier molecular flexibility index (Phi) is 10.6. The summed E-state index contributed by atoms with van der Waals surface area (Å²) in [7, 11) is 0. The molecule has 3 aliphatic rings. The smallest absolute Gasteiger partial charge is 0.410 e. The van der Waals surface area contributed by atoms with Gasteiger partial charge in [0, 0.05) is 54.2 Å². The molecule has 0 aliphatic carbocycles. The van der Waals surface area contributed by atoms with Gasteiger partial charge in [-0.3, -0.25) is 19.1 Å². The summed E-state index contributed by atoms with van der Waals surface area (Å²) in [5.74, 6) is -0.607. The van der Waals surface area contributed by atoms with Gasteiger partial charge in [0.15, 0.2) is 5.65 Å². The molecule has 0 radical (unpaired) electrons. The highest BCUT2D eigenvalue weighted by Crippen LogP contribution is 2.48. The number of hydrogen-bond donors (Lipinski definition) is 1. The summed E-state index contributed by atoms with van der Waals surface area (Å²) in [5, 5.41) is -1.02. The van der Waals surface area contributed by atoms with Crippen LogP contribution in [0.2, 0.25) is 0 Å². The van der Waals surface area contributed by atoms with Crippen LogP contribution in [0.25, 0.3) is 11.2 Å². The molecule has 3 aromatic rings. The number of thioether (sulfide) groups is 1. The Morgan fingerprint density at radius 3 is 2.33 bits per heavy atom. The molecule has 51 heavy (non-hydrogen) atoms. The molecule has 11 nitrogen and oxygen atoms in total. The van der Waals surface area contributed by atoms with Crippen LogP contribution in [0.15, 0.2) is 41.3 Å². The van der Waals surface area contributed by atoms with Crippen molar-refractivity contribution < 1.29 is 26.4 Å². The van der Waals surface area contributed by atoms with E-state index < -0.39 is 16.2 Å². The fourth-order valence-corrected chi connectivity index (χ4v) is 9.02. The minimum atomic E-state index is -0.597. The molecule has 1 aromatic carbocycles. The molecule has 3 fully saturated rings.